The number of alkyl halides is 1. The molecule has 1 aliphatic rings. The number of hydrogen-bond acceptors (Lipinski definition) is 3. The van der Waals surface area contributed by atoms with Gasteiger partial charge in [0.2, 0.25) is 5.91 Å². The van der Waals surface area contributed by atoms with Crippen molar-refractivity contribution in [1.82, 2.24) is 4.98 Å². The number of amides is 1. The average Bonchev–Trinajstić information content (AvgIpc) is 2.98. The van der Waals surface area contributed by atoms with Gasteiger partial charge in [0.15, 0.2) is 5.13 Å². The Morgan fingerprint density at radius 2 is 2.16 bits per heavy atom. The van der Waals surface area contributed by atoms with E-state index in [1.54, 1.807) is 11.3 Å². The summed E-state index contributed by atoms with van der Waals surface area (Å²) in [7, 11) is 0. The molecule has 1 amide bonds. The number of aryl methyl sites for hydroxylation is 2. The highest BCUT2D eigenvalue weighted by molar-refractivity contribution is 9.09. The van der Waals surface area contributed by atoms with Crippen LogP contribution < -0.4 is 4.90 Å². The molecular formula is C14H15BrN2OS. The lowest BCUT2D eigenvalue weighted by Gasteiger charge is -2.11. The number of aromatic nitrogens is 1. The number of nitrogens with zero attached hydrogens (tertiary/aromatic N) is 2. The molecule has 1 aliphatic heterocycles. The van der Waals surface area contributed by atoms with Gasteiger partial charge in [-0.05, 0) is 30.9 Å². The molecule has 0 N–H and O–H groups in total. The highest BCUT2D eigenvalue weighted by Crippen LogP contribution is 2.35. The molecule has 19 heavy (non-hydrogen) atoms. The highest BCUT2D eigenvalue weighted by atomic mass is 79.9. The zero-order valence-electron chi connectivity index (χ0n) is 10.9. The number of thiazole rings is 1. The molecule has 0 aliphatic carbocycles. The van der Waals surface area contributed by atoms with Crippen LogP contribution in [0.4, 0.5) is 5.13 Å². The van der Waals surface area contributed by atoms with Crippen molar-refractivity contribution in [2.45, 2.75) is 20.3 Å². The van der Waals surface area contributed by atoms with Gasteiger partial charge in [0.1, 0.15) is 0 Å². The normalized spacial score (nSPS) is 19.6. The molecule has 2 heterocycles. The second kappa shape index (κ2) is 4.87. The zero-order chi connectivity index (χ0) is 13.6. The first-order valence-corrected chi connectivity index (χ1v) is 8.27. The van der Waals surface area contributed by atoms with E-state index in [0.717, 1.165) is 22.5 Å². The van der Waals surface area contributed by atoms with Crippen LogP contribution in [0.1, 0.15) is 17.5 Å². The molecule has 0 radical (unpaired) electrons. The van der Waals surface area contributed by atoms with E-state index >= 15 is 0 Å². The fourth-order valence-corrected chi connectivity index (χ4v) is 4.01. The van der Waals surface area contributed by atoms with Crippen molar-refractivity contribution < 1.29 is 4.79 Å². The van der Waals surface area contributed by atoms with Crippen LogP contribution in [-0.2, 0) is 4.79 Å². The topological polar surface area (TPSA) is 33.2 Å². The molecule has 0 saturated carbocycles. The average molecular weight is 339 g/mol. The standard InChI is InChI=1S/C14H15BrN2OS/c1-8-3-4-9(2)13-12(8)16-14(19-13)17-7-10(6-15)5-11(17)18/h3-4,10H,5-7H2,1-2H3. The van der Waals surface area contributed by atoms with Crippen LogP contribution in [0.25, 0.3) is 10.2 Å². The van der Waals surface area contributed by atoms with Crippen LogP contribution >= 0.6 is 27.3 Å². The maximum Gasteiger partial charge on any atom is 0.229 e. The third-order valence-corrected chi connectivity index (χ3v) is 5.71. The summed E-state index contributed by atoms with van der Waals surface area (Å²) in [5, 5.41) is 1.72. The Bertz CT molecular complexity index is 613. The lowest BCUT2D eigenvalue weighted by molar-refractivity contribution is -0.117. The zero-order valence-corrected chi connectivity index (χ0v) is 13.3. The quantitative estimate of drug-likeness (QED) is 0.783. The SMILES string of the molecule is Cc1ccc(C)c2sc(N3CC(CBr)CC3=O)nc12. The van der Waals surface area contributed by atoms with E-state index in [4.69, 9.17) is 0 Å². The summed E-state index contributed by atoms with van der Waals surface area (Å²) >= 11 is 5.10. The van der Waals surface area contributed by atoms with Crippen LogP contribution in [-0.4, -0.2) is 22.8 Å². The van der Waals surface area contributed by atoms with Gasteiger partial charge in [-0.15, -0.1) is 0 Å². The Morgan fingerprint density at radius 1 is 1.42 bits per heavy atom. The van der Waals surface area contributed by atoms with Crippen LogP contribution in [0.3, 0.4) is 0 Å². The largest absolute Gasteiger partial charge is 0.288 e. The molecular weight excluding hydrogens is 324 g/mol. The predicted octanol–water partition coefficient (Wildman–Crippen LogP) is 3.66. The third-order valence-electron chi connectivity index (χ3n) is 3.59. The summed E-state index contributed by atoms with van der Waals surface area (Å²) in [6.45, 7) is 4.94. The van der Waals surface area contributed by atoms with Crippen molar-refractivity contribution in [2.75, 3.05) is 16.8 Å². The fraction of sp³-hybridized carbons (Fsp3) is 0.429. The van der Waals surface area contributed by atoms with Gasteiger partial charge in [0.05, 0.1) is 10.2 Å². The van der Waals surface area contributed by atoms with E-state index in [0.29, 0.717) is 12.3 Å². The monoisotopic (exact) mass is 338 g/mol. The van der Waals surface area contributed by atoms with E-state index in [-0.39, 0.29) is 5.91 Å². The van der Waals surface area contributed by atoms with E-state index in [1.807, 2.05) is 4.90 Å². The van der Waals surface area contributed by atoms with Gasteiger partial charge in [-0.25, -0.2) is 4.98 Å². The summed E-state index contributed by atoms with van der Waals surface area (Å²) in [6, 6.07) is 4.21. The van der Waals surface area contributed by atoms with Crippen LogP contribution in [0.15, 0.2) is 12.1 Å². The third kappa shape index (κ3) is 2.19. The minimum absolute atomic E-state index is 0.193. The maximum absolute atomic E-state index is 12.1. The second-order valence-corrected chi connectivity index (χ2v) is 6.73. The lowest BCUT2D eigenvalue weighted by atomic mass is 10.1. The molecule has 3 rings (SSSR count). The number of benzene rings is 1. The van der Waals surface area contributed by atoms with Gasteiger partial charge in [0, 0.05) is 18.3 Å². The number of anilines is 1. The minimum Gasteiger partial charge on any atom is -0.288 e. The summed E-state index contributed by atoms with van der Waals surface area (Å²) in [5.41, 5.74) is 3.44. The van der Waals surface area contributed by atoms with Crippen molar-refractivity contribution in [3.63, 3.8) is 0 Å². The molecule has 2 aromatic rings. The number of rotatable bonds is 2. The summed E-state index contributed by atoms with van der Waals surface area (Å²) < 4.78 is 1.20. The molecule has 1 atom stereocenters. The molecule has 0 spiro atoms. The van der Waals surface area contributed by atoms with Gasteiger partial charge in [-0.1, -0.05) is 39.4 Å². The van der Waals surface area contributed by atoms with Crippen molar-refractivity contribution >= 4 is 48.5 Å². The van der Waals surface area contributed by atoms with Crippen LogP contribution in [0.5, 0.6) is 0 Å². The molecule has 1 aromatic carbocycles. The molecule has 1 aromatic heterocycles. The molecule has 5 heteroatoms. The minimum atomic E-state index is 0.193. The Balaban J connectivity index is 2.05. The lowest BCUT2D eigenvalue weighted by Crippen LogP contribution is -2.24. The number of carbonyl (C=O) groups is 1. The first-order chi connectivity index (χ1) is 9.10. The Labute approximate surface area is 124 Å². The number of hydrogen-bond donors (Lipinski definition) is 0. The summed E-state index contributed by atoms with van der Waals surface area (Å²) in [5.74, 6) is 0.598. The smallest absolute Gasteiger partial charge is 0.229 e. The van der Waals surface area contributed by atoms with E-state index < -0.39 is 0 Å². The number of halogens is 1. The first kappa shape index (κ1) is 13.1. The molecule has 3 nitrogen and oxygen atoms in total. The molecule has 0 bridgehead atoms. The predicted molar refractivity (Wildman–Crippen MR) is 83.3 cm³/mol. The Kier molecular flexibility index (Phi) is 3.35. The Morgan fingerprint density at radius 3 is 2.79 bits per heavy atom. The highest BCUT2D eigenvalue weighted by Gasteiger charge is 2.31. The van der Waals surface area contributed by atoms with Crippen LogP contribution in [0, 0.1) is 19.8 Å². The Hall–Kier alpha value is -0.940. The van der Waals surface area contributed by atoms with Crippen molar-refractivity contribution in [3.8, 4) is 0 Å². The number of carbonyl (C=O) groups excluding carboxylic acids is 1. The maximum atomic E-state index is 12.1. The van der Waals surface area contributed by atoms with Gasteiger partial charge in [-0.3, -0.25) is 9.69 Å². The van der Waals surface area contributed by atoms with E-state index in [2.05, 4.69) is 46.9 Å². The summed E-state index contributed by atoms with van der Waals surface area (Å²) in [6.07, 6.45) is 0.624. The van der Waals surface area contributed by atoms with Gasteiger partial charge < -0.3 is 0 Å². The van der Waals surface area contributed by atoms with Gasteiger partial charge in [0.25, 0.3) is 0 Å². The fourth-order valence-electron chi connectivity index (χ4n) is 2.43. The van der Waals surface area contributed by atoms with Crippen molar-refractivity contribution in [2.24, 2.45) is 5.92 Å². The molecule has 100 valence electrons. The first-order valence-electron chi connectivity index (χ1n) is 6.33. The van der Waals surface area contributed by atoms with Crippen molar-refractivity contribution in [3.05, 3.63) is 23.3 Å². The second-order valence-electron chi connectivity index (χ2n) is 5.10. The van der Waals surface area contributed by atoms with Gasteiger partial charge in [-0.2, -0.15) is 0 Å². The number of fused-ring (bicyclic) bond motifs is 1. The molecule has 1 fully saturated rings. The molecule has 1 saturated heterocycles. The van der Waals surface area contributed by atoms with Crippen LogP contribution in [0.2, 0.25) is 0 Å². The van der Waals surface area contributed by atoms with E-state index in [9.17, 15) is 4.79 Å². The van der Waals surface area contributed by atoms with E-state index in [1.165, 1.54) is 15.8 Å². The van der Waals surface area contributed by atoms with Gasteiger partial charge >= 0.3 is 0 Å². The summed E-state index contributed by atoms with van der Waals surface area (Å²) in [4.78, 5) is 18.6. The van der Waals surface area contributed by atoms with Crippen molar-refractivity contribution in [1.29, 1.82) is 0 Å². The molecule has 1 unspecified atom stereocenters.